The first-order valence-corrected chi connectivity index (χ1v) is 4.10. The van der Waals surface area contributed by atoms with Crippen LogP contribution < -0.4 is 5.32 Å². The summed E-state index contributed by atoms with van der Waals surface area (Å²) in [7, 11) is 1.80. The van der Waals surface area contributed by atoms with E-state index in [-0.39, 0.29) is 0 Å². The van der Waals surface area contributed by atoms with Crippen molar-refractivity contribution in [3.63, 3.8) is 0 Å². The van der Waals surface area contributed by atoms with Crippen LogP contribution in [-0.2, 0) is 0 Å². The summed E-state index contributed by atoms with van der Waals surface area (Å²) in [5, 5.41) is 6.81. The third kappa shape index (κ3) is 1.54. The van der Waals surface area contributed by atoms with Gasteiger partial charge in [0, 0.05) is 18.7 Å². The van der Waals surface area contributed by atoms with Gasteiger partial charge in [-0.05, 0) is 0 Å². The lowest BCUT2D eigenvalue weighted by molar-refractivity contribution is 0.436. The monoisotopic (exact) mass is 174 g/mol. The largest absolute Gasteiger partial charge is 0.357 e. The van der Waals surface area contributed by atoms with E-state index in [0.29, 0.717) is 5.88 Å². The number of nitrogens with one attached hydrogen (secondary N) is 1. The van der Waals surface area contributed by atoms with Gasteiger partial charge in [-0.1, -0.05) is 35.5 Å². The second-order valence-electron chi connectivity index (χ2n) is 2.69. The van der Waals surface area contributed by atoms with Crippen molar-refractivity contribution in [1.29, 1.82) is 0 Å². The Kier molecular flexibility index (Phi) is 2.00. The number of hydrogen-bond donors (Lipinski definition) is 1. The molecule has 0 aliphatic heterocycles. The van der Waals surface area contributed by atoms with Crippen molar-refractivity contribution in [1.82, 2.24) is 5.16 Å². The van der Waals surface area contributed by atoms with Crippen molar-refractivity contribution in [3.8, 4) is 11.3 Å². The Hall–Kier alpha value is -1.77. The first-order valence-electron chi connectivity index (χ1n) is 4.10. The molecule has 0 aliphatic carbocycles. The molecule has 0 radical (unpaired) electrons. The number of nitrogens with zero attached hydrogens (tertiary/aromatic N) is 1. The molecular formula is C10H10N2O. The van der Waals surface area contributed by atoms with Crippen LogP contribution in [0.4, 0.5) is 5.88 Å². The fourth-order valence-electron chi connectivity index (χ4n) is 1.14. The average Bonchev–Trinajstić information content (AvgIpc) is 2.67. The van der Waals surface area contributed by atoms with Crippen molar-refractivity contribution >= 4 is 5.88 Å². The predicted molar refractivity (Wildman–Crippen MR) is 51.5 cm³/mol. The topological polar surface area (TPSA) is 38.1 Å². The van der Waals surface area contributed by atoms with E-state index >= 15 is 0 Å². The lowest BCUT2D eigenvalue weighted by Gasteiger charge is -1.91. The molecule has 3 heteroatoms. The highest BCUT2D eigenvalue weighted by Gasteiger charge is 2.03. The molecule has 1 N–H and O–H groups in total. The van der Waals surface area contributed by atoms with Crippen molar-refractivity contribution in [2.75, 3.05) is 12.4 Å². The van der Waals surface area contributed by atoms with Gasteiger partial charge in [-0.25, -0.2) is 0 Å². The summed E-state index contributed by atoms with van der Waals surface area (Å²) in [4.78, 5) is 0. The maximum Gasteiger partial charge on any atom is 0.225 e. The quantitative estimate of drug-likeness (QED) is 0.759. The minimum Gasteiger partial charge on any atom is -0.357 e. The second kappa shape index (κ2) is 3.31. The Balaban J connectivity index is 2.36. The van der Waals surface area contributed by atoms with Crippen LogP contribution in [0.2, 0.25) is 0 Å². The van der Waals surface area contributed by atoms with E-state index in [0.717, 1.165) is 11.3 Å². The highest BCUT2D eigenvalue weighted by Crippen LogP contribution is 2.20. The molecule has 0 unspecified atom stereocenters. The van der Waals surface area contributed by atoms with E-state index in [4.69, 9.17) is 4.52 Å². The fraction of sp³-hybridized carbons (Fsp3) is 0.100. The van der Waals surface area contributed by atoms with Gasteiger partial charge in [0.1, 0.15) is 5.69 Å². The molecule has 0 bridgehead atoms. The van der Waals surface area contributed by atoms with E-state index < -0.39 is 0 Å². The highest BCUT2D eigenvalue weighted by atomic mass is 16.5. The third-order valence-corrected chi connectivity index (χ3v) is 1.83. The van der Waals surface area contributed by atoms with Crippen LogP contribution in [0.1, 0.15) is 0 Å². The van der Waals surface area contributed by atoms with E-state index in [9.17, 15) is 0 Å². The van der Waals surface area contributed by atoms with Gasteiger partial charge in [0.25, 0.3) is 0 Å². The van der Waals surface area contributed by atoms with Gasteiger partial charge in [0.2, 0.25) is 5.88 Å². The lowest BCUT2D eigenvalue weighted by Crippen LogP contribution is -1.82. The van der Waals surface area contributed by atoms with Gasteiger partial charge < -0.3 is 9.84 Å². The summed E-state index contributed by atoms with van der Waals surface area (Å²) in [6.07, 6.45) is 0. The van der Waals surface area contributed by atoms with Gasteiger partial charge in [0.05, 0.1) is 0 Å². The highest BCUT2D eigenvalue weighted by molar-refractivity contribution is 5.61. The third-order valence-electron chi connectivity index (χ3n) is 1.83. The lowest BCUT2D eigenvalue weighted by atomic mass is 10.2. The Bertz CT molecular complexity index is 381. The molecule has 1 heterocycles. The molecule has 0 amide bonds. The number of hydrogen-bond acceptors (Lipinski definition) is 3. The second-order valence-corrected chi connectivity index (χ2v) is 2.69. The summed E-state index contributed by atoms with van der Waals surface area (Å²) < 4.78 is 5.01. The number of benzene rings is 1. The van der Waals surface area contributed by atoms with Crippen LogP contribution in [0, 0.1) is 0 Å². The van der Waals surface area contributed by atoms with Crippen LogP contribution in [-0.4, -0.2) is 12.2 Å². The van der Waals surface area contributed by atoms with Crippen LogP contribution >= 0.6 is 0 Å². The molecule has 2 aromatic rings. The molecule has 66 valence electrons. The normalized spacial score (nSPS) is 9.92. The summed E-state index contributed by atoms with van der Waals surface area (Å²) in [6.45, 7) is 0. The van der Waals surface area contributed by atoms with Gasteiger partial charge >= 0.3 is 0 Å². The fourth-order valence-corrected chi connectivity index (χ4v) is 1.14. The SMILES string of the molecule is CNc1cc(-c2ccccc2)no1. The first kappa shape index (κ1) is 7.86. The maximum atomic E-state index is 5.01. The molecule has 0 saturated heterocycles. The summed E-state index contributed by atoms with van der Waals surface area (Å²) in [5.41, 5.74) is 1.91. The first-order chi connectivity index (χ1) is 6.40. The Labute approximate surface area is 76.4 Å². The minimum atomic E-state index is 0.679. The van der Waals surface area contributed by atoms with Crippen molar-refractivity contribution < 1.29 is 4.52 Å². The zero-order valence-electron chi connectivity index (χ0n) is 7.32. The van der Waals surface area contributed by atoms with Crippen LogP contribution in [0.25, 0.3) is 11.3 Å². The molecule has 0 atom stereocenters. The minimum absolute atomic E-state index is 0.679. The summed E-state index contributed by atoms with van der Waals surface area (Å²) >= 11 is 0. The molecule has 0 aliphatic rings. The standard InChI is InChI=1S/C10H10N2O/c1-11-10-7-9(12-13-10)8-5-3-2-4-6-8/h2-7,11H,1H3. The molecule has 0 fully saturated rings. The zero-order valence-corrected chi connectivity index (χ0v) is 7.32. The molecule has 13 heavy (non-hydrogen) atoms. The van der Waals surface area contributed by atoms with E-state index in [1.54, 1.807) is 7.05 Å². The van der Waals surface area contributed by atoms with Gasteiger partial charge in [-0.15, -0.1) is 0 Å². The van der Waals surface area contributed by atoms with Gasteiger partial charge in [-0.2, -0.15) is 0 Å². The maximum absolute atomic E-state index is 5.01. The summed E-state index contributed by atoms with van der Waals surface area (Å²) in [5.74, 6) is 0.679. The number of aromatic nitrogens is 1. The van der Waals surface area contributed by atoms with Gasteiger partial charge in [-0.3, -0.25) is 0 Å². The molecule has 0 saturated carbocycles. The van der Waals surface area contributed by atoms with E-state index in [1.165, 1.54) is 0 Å². The molecule has 0 spiro atoms. The number of anilines is 1. The van der Waals surface area contributed by atoms with Crippen molar-refractivity contribution in [3.05, 3.63) is 36.4 Å². The zero-order chi connectivity index (χ0) is 9.10. The molecule has 2 rings (SSSR count). The molecule has 1 aromatic carbocycles. The molecular weight excluding hydrogens is 164 g/mol. The van der Waals surface area contributed by atoms with Crippen molar-refractivity contribution in [2.24, 2.45) is 0 Å². The van der Waals surface area contributed by atoms with E-state index in [2.05, 4.69) is 10.5 Å². The van der Waals surface area contributed by atoms with Crippen LogP contribution in [0.15, 0.2) is 40.9 Å². The molecule has 1 aromatic heterocycles. The van der Waals surface area contributed by atoms with E-state index in [1.807, 2.05) is 36.4 Å². The summed E-state index contributed by atoms with van der Waals surface area (Å²) in [6, 6.07) is 11.8. The Morgan fingerprint density at radius 2 is 2.00 bits per heavy atom. The van der Waals surface area contributed by atoms with Crippen LogP contribution in [0.5, 0.6) is 0 Å². The van der Waals surface area contributed by atoms with Crippen LogP contribution in [0.3, 0.4) is 0 Å². The Morgan fingerprint density at radius 1 is 1.23 bits per heavy atom. The van der Waals surface area contributed by atoms with Gasteiger partial charge in [0.15, 0.2) is 0 Å². The predicted octanol–water partition coefficient (Wildman–Crippen LogP) is 2.38. The Morgan fingerprint density at radius 3 is 2.62 bits per heavy atom. The van der Waals surface area contributed by atoms with Crippen molar-refractivity contribution in [2.45, 2.75) is 0 Å². The average molecular weight is 174 g/mol. The molecule has 3 nitrogen and oxygen atoms in total. The smallest absolute Gasteiger partial charge is 0.225 e. The number of rotatable bonds is 2.